The first-order valence-corrected chi connectivity index (χ1v) is 8.31. The maximum atomic E-state index is 12.4. The molecule has 1 amide bonds. The molecule has 0 bridgehead atoms. The smallest absolute Gasteiger partial charge is 0.270 e. The highest BCUT2D eigenvalue weighted by molar-refractivity contribution is 7.08. The number of benzene rings is 1. The van der Waals surface area contributed by atoms with Crippen LogP contribution < -0.4 is 5.32 Å². The number of rotatable bonds is 4. The monoisotopic (exact) mass is 335 g/mol. The number of thiophene rings is 1. The van der Waals surface area contributed by atoms with E-state index in [1.54, 1.807) is 28.4 Å². The Hall–Kier alpha value is -3.06. The van der Waals surface area contributed by atoms with E-state index in [0.717, 1.165) is 16.5 Å². The molecule has 6 nitrogen and oxygen atoms in total. The van der Waals surface area contributed by atoms with Crippen molar-refractivity contribution in [3.63, 3.8) is 0 Å². The summed E-state index contributed by atoms with van der Waals surface area (Å²) in [7, 11) is 0. The summed E-state index contributed by atoms with van der Waals surface area (Å²) in [6, 6.07) is 11.5. The Kier molecular flexibility index (Phi) is 3.76. The van der Waals surface area contributed by atoms with Crippen molar-refractivity contribution in [2.45, 2.75) is 6.54 Å². The van der Waals surface area contributed by atoms with Crippen LogP contribution in [0.25, 0.3) is 16.5 Å². The second-order valence-corrected chi connectivity index (χ2v) is 5.98. The molecule has 4 aromatic rings. The van der Waals surface area contributed by atoms with Crippen LogP contribution in [-0.4, -0.2) is 25.9 Å². The van der Waals surface area contributed by atoms with Crippen molar-refractivity contribution < 1.29 is 4.79 Å². The quantitative estimate of drug-likeness (QED) is 0.622. The molecular weight excluding hydrogens is 322 g/mol. The molecule has 0 aliphatic carbocycles. The van der Waals surface area contributed by atoms with Gasteiger partial charge in [-0.1, -0.05) is 29.5 Å². The highest BCUT2D eigenvalue weighted by Crippen LogP contribution is 2.16. The summed E-state index contributed by atoms with van der Waals surface area (Å²) in [5.41, 5.74) is 2.06. The van der Waals surface area contributed by atoms with E-state index in [0.29, 0.717) is 17.9 Å². The lowest BCUT2D eigenvalue weighted by atomic mass is 10.1. The molecule has 118 valence electrons. The normalized spacial score (nSPS) is 10.8. The highest BCUT2D eigenvalue weighted by Gasteiger charge is 2.12. The molecule has 0 saturated heterocycles. The summed E-state index contributed by atoms with van der Waals surface area (Å²) in [4.78, 5) is 16.7. The summed E-state index contributed by atoms with van der Waals surface area (Å²) in [6.45, 7) is 0.299. The third kappa shape index (κ3) is 2.77. The van der Waals surface area contributed by atoms with Crippen LogP contribution in [0.4, 0.5) is 0 Å². The van der Waals surface area contributed by atoms with Crippen LogP contribution >= 0.6 is 11.3 Å². The summed E-state index contributed by atoms with van der Waals surface area (Å²) in [5, 5.41) is 16.8. The van der Waals surface area contributed by atoms with E-state index in [1.807, 2.05) is 47.2 Å². The topological polar surface area (TPSA) is 72.7 Å². The molecule has 24 heavy (non-hydrogen) atoms. The standard InChI is InChI=1S/C17H13N5OS/c23-17(16-15-4-2-1-3-12(15)5-7-18-16)19-9-13-10-22(21-20-13)14-6-8-24-11-14/h1-8,10-11H,9H2,(H,19,23). The number of nitrogens with one attached hydrogen (secondary N) is 1. The van der Waals surface area contributed by atoms with Crippen molar-refractivity contribution >= 4 is 28.0 Å². The molecule has 7 heteroatoms. The summed E-state index contributed by atoms with van der Waals surface area (Å²) >= 11 is 1.59. The van der Waals surface area contributed by atoms with E-state index < -0.39 is 0 Å². The van der Waals surface area contributed by atoms with Crippen molar-refractivity contribution in [3.8, 4) is 5.69 Å². The minimum atomic E-state index is -0.225. The van der Waals surface area contributed by atoms with Gasteiger partial charge in [0.2, 0.25) is 0 Å². The van der Waals surface area contributed by atoms with Crippen LogP contribution in [0.2, 0.25) is 0 Å². The first-order chi connectivity index (χ1) is 11.8. The molecule has 3 aromatic heterocycles. The van der Waals surface area contributed by atoms with Gasteiger partial charge in [-0.05, 0) is 22.9 Å². The molecular formula is C17H13N5OS. The van der Waals surface area contributed by atoms with Gasteiger partial charge in [-0.25, -0.2) is 4.68 Å². The molecule has 0 radical (unpaired) electrons. The zero-order valence-corrected chi connectivity index (χ0v) is 13.4. The van der Waals surface area contributed by atoms with E-state index in [9.17, 15) is 4.79 Å². The number of hydrogen-bond donors (Lipinski definition) is 1. The molecule has 0 spiro atoms. The maximum absolute atomic E-state index is 12.4. The van der Waals surface area contributed by atoms with Crippen molar-refractivity contribution in [2.75, 3.05) is 0 Å². The fourth-order valence-electron chi connectivity index (χ4n) is 2.45. The van der Waals surface area contributed by atoms with Crippen molar-refractivity contribution in [1.82, 2.24) is 25.3 Å². The Bertz CT molecular complexity index is 988. The SMILES string of the molecule is O=C(NCc1cn(-c2ccsc2)nn1)c1nccc2ccccc12. The average molecular weight is 335 g/mol. The first kappa shape index (κ1) is 14.5. The Morgan fingerprint density at radius 1 is 1.21 bits per heavy atom. The van der Waals surface area contributed by atoms with E-state index >= 15 is 0 Å². The molecule has 0 atom stereocenters. The fourth-order valence-corrected chi connectivity index (χ4v) is 3.07. The van der Waals surface area contributed by atoms with Gasteiger partial charge in [0.25, 0.3) is 5.91 Å². The van der Waals surface area contributed by atoms with Gasteiger partial charge in [0.1, 0.15) is 11.4 Å². The van der Waals surface area contributed by atoms with Gasteiger partial charge in [0.05, 0.1) is 18.4 Å². The Labute approximate surface area is 141 Å². The van der Waals surface area contributed by atoms with E-state index in [4.69, 9.17) is 0 Å². The predicted molar refractivity (Wildman–Crippen MR) is 92.1 cm³/mol. The third-order valence-electron chi connectivity index (χ3n) is 3.63. The minimum absolute atomic E-state index is 0.225. The maximum Gasteiger partial charge on any atom is 0.270 e. The van der Waals surface area contributed by atoms with Crippen molar-refractivity contribution in [2.24, 2.45) is 0 Å². The number of pyridine rings is 1. The number of hydrogen-bond acceptors (Lipinski definition) is 5. The zero-order valence-electron chi connectivity index (χ0n) is 12.6. The Balaban J connectivity index is 1.50. The lowest BCUT2D eigenvalue weighted by Gasteiger charge is -2.05. The molecule has 4 rings (SSSR count). The van der Waals surface area contributed by atoms with Crippen molar-refractivity contribution in [1.29, 1.82) is 0 Å². The molecule has 1 N–H and O–H groups in total. The highest BCUT2D eigenvalue weighted by atomic mass is 32.1. The van der Waals surface area contributed by atoms with Crippen LogP contribution in [0.5, 0.6) is 0 Å². The van der Waals surface area contributed by atoms with Gasteiger partial charge in [-0.15, -0.1) is 5.10 Å². The summed E-state index contributed by atoms with van der Waals surface area (Å²) in [6.07, 6.45) is 3.45. The summed E-state index contributed by atoms with van der Waals surface area (Å²) < 4.78 is 1.69. The van der Waals surface area contributed by atoms with Gasteiger partial charge in [0, 0.05) is 17.0 Å². The molecule has 1 aromatic carbocycles. The Morgan fingerprint density at radius 2 is 2.12 bits per heavy atom. The number of amides is 1. The second kappa shape index (κ2) is 6.21. The molecule has 0 saturated carbocycles. The minimum Gasteiger partial charge on any atom is -0.345 e. The van der Waals surface area contributed by atoms with E-state index in [-0.39, 0.29) is 5.91 Å². The first-order valence-electron chi connectivity index (χ1n) is 7.37. The molecule has 3 heterocycles. The van der Waals surface area contributed by atoms with Gasteiger partial charge in [-0.3, -0.25) is 9.78 Å². The fraction of sp³-hybridized carbons (Fsp3) is 0.0588. The average Bonchev–Trinajstić information content (AvgIpc) is 3.30. The van der Waals surface area contributed by atoms with Crippen LogP contribution in [0.15, 0.2) is 59.6 Å². The molecule has 0 unspecified atom stereocenters. The number of carbonyl (C=O) groups is 1. The number of aromatic nitrogens is 4. The molecule has 0 aliphatic heterocycles. The van der Waals surface area contributed by atoms with Crippen LogP contribution in [0, 0.1) is 0 Å². The van der Waals surface area contributed by atoms with E-state index in [2.05, 4.69) is 20.6 Å². The number of carbonyl (C=O) groups excluding carboxylic acids is 1. The van der Waals surface area contributed by atoms with E-state index in [1.165, 1.54) is 0 Å². The van der Waals surface area contributed by atoms with Crippen molar-refractivity contribution in [3.05, 3.63) is 70.9 Å². The van der Waals surface area contributed by atoms with Crippen LogP contribution in [0.1, 0.15) is 16.2 Å². The van der Waals surface area contributed by atoms with Crippen LogP contribution in [-0.2, 0) is 6.54 Å². The second-order valence-electron chi connectivity index (χ2n) is 5.20. The number of nitrogens with zero attached hydrogens (tertiary/aromatic N) is 4. The third-order valence-corrected chi connectivity index (χ3v) is 4.30. The lowest BCUT2D eigenvalue weighted by molar-refractivity contribution is 0.0947. The Morgan fingerprint density at radius 3 is 3.00 bits per heavy atom. The summed E-state index contributed by atoms with van der Waals surface area (Å²) in [5.74, 6) is -0.225. The molecule has 0 fully saturated rings. The van der Waals surface area contributed by atoms with Gasteiger partial charge >= 0.3 is 0 Å². The predicted octanol–water partition coefficient (Wildman–Crippen LogP) is 2.81. The zero-order chi connectivity index (χ0) is 16.4. The van der Waals surface area contributed by atoms with Crippen LogP contribution in [0.3, 0.4) is 0 Å². The van der Waals surface area contributed by atoms with Gasteiger partial charge in [-0.2, -0.15) is 11.3 Å². The number of fused-ring (bicyclic) bond motifs is 1. The van der Waals surface area contributed by atoms with Gasteiger partial charge < -0.3 is 5.32 Å². The van der Waals surface area contributed by atoms with Gasteiger partial charge in [0.15, 0.2) is 0 Å². The molecule has 0 aliphatic rings. The largest absolute Gasteiger partial charge is 0.345 e. The lowest BCUT2D eigenvalue weighted by Crippen LogP contribution is -2.24.